The van der Waals surface area contributed by atoms with Gasteiger partial charge in [0.05, 0.1) is 0 Å². The molecule has 32 valence electrons. The van der Waals surface area contributed by atoms with Crippen LogP contribution in [0, 0.1) is 0 Å². The van der Waals surface area contributed by atoms with E-state index in [1.54, 1.807) is 6.92 Å². The highest BCUT2D eigenvalue weighted by atomic mass is 19.1. The average Bonchev–Trinajstić information content (AvgIpc) is 1.65. The Morgan fingerprint density at radius 2 is 2.80 bits per heavy atom. The minimum atomic E-state index is -0.670. The minimum absolute atomic E-state index is 0.455. The second kappa shape index (κ2) is 3.89. The Hall–Kier alpha value is -0.110. The number of nitrogens with one attached hydrogen (secondary N) is 1. The number of halogens is 1. The van der Waals surface area contributed by atoms with Crippen molar-refractivity contribution in [3.05, 3.63) is 0 Å². The largest absolute Gasteiger partial charge is 0.291 e. The van der Waals surface area contributed by atoms with Crippen LogP contribution in [-0.2, 0) is 0 Å². The molecule has 0 aliphatic rings. The highest BCUT2D eigenvalue weighted by Crippen LogP contribution is 1.52. The Morgan fingerprint density at radius 1 is 2.20 bits per heavy atom. The van der Waals surface area contributed by atoms with Gasteiger partial charge in [0.15, 0.2) is 0 Å². The molecule has 0 aliphatic carbocycles. The maximum absolute atomic E-state index is 11.1. The zero-order valence-corrected chi connectivity index (χ0v) is 3.24. The van der Waals surface area contributed by atoms with E-state index in [0.717, 1.165) is 5.31 Å². The Bertz CT molecular complexity index is 30.0. The number of hydrogen-bond acceptors (Lipinski definition) is 1. The summed E-state index contributed by atoms with van der Waals surface area (Å²) in [4.78, 5) is 0. The number of rotatable bonds is 2. The molecule has 0 unspecified atom stereocenters. The number of alkyl halides is 1. The Balaban J connectivity index is 2.75. The van der Waals surface area contributed by atoms with Gasteiger partial charge in [0.25, 0.3) is 0 Å². The predicted octanol–water partition coefficient (Wildman–Crippen LogP) is 0.523. The van der Waals surface area contributed by atoms with Crippen molar-refractivity contribution in [2.45, 2.75) is 6.92 Å². The molecule has 0 aromatic rings. The van der Waals surface area contributed by atoms with Crippen LogP contribution in [0.3, 0.4) is 0 Å². The first-order valence-electron chi connectivity index (χ1n) is 2.05. The quantitative estimate of drug-likeness (QED) is 0.475. The summed E-state index contributed by atoms with van der Waals surface area (Å²) >= 11 is 0. The van der Waals surface area contributed by atoms with E-state index in [9.17, 15) is 4.39 Å². The van der Waals surface area contributed by atoms with Gasteiger partial charge < -0.3 is 0 Å². The van der Waals surface area contributed by atoms with Gasteiger partial charge >= 0.3 is 0 Å². The molecule has 0 aromatic carbocycles. The van der Waals surface area contributed by atoms with Gasteiger partial charge in [0, 0.05) is 0 Å². The lowest BCUT2D eigenvalue weighted by atomic mass is 10.8. The molecule has 0 heterocycles. The summed E-state index contributed by atoms with van der Waals surface area (Å²) in [6, 6.07) is 0. The van der Waals surface area contributed by atoms with E-state index in [4.69, 9.17) is 1.41 Å². The fraction of sp³-hybridized carbons (Fsp3) is 1.00. The van der Waals surface area contributed by atoms with Crippen LogP contribution in [0.15, 0.2) is 0 Å². The van der Waals surface area contributed by atoms with Gasteiger partial charge in [-0.2, -0.15) is 0 Å². The van der Waals surface area contributed by atoms with Crippen molar-refractivity contribution in [2.75, 3.05) is 13.3 Å². The standard InChI is InChI=1S/C3H8FN/c1-2-5-3-4/h5H,2-3H2,1H3/i/hD. The molecule has 0 aliphatic heterocycles. The van der Waals surface area contributed by atoms with Crippen molar-refractivity contribution >= 4 is 0 Å². The molecule has 0 atom stereocenters. The molecule has 1 nitrogen and oxygen atoms in total. The molecule has 0 spiro atoms. The minimum Gasteiger partial charge on any atom is -0.291 e. The van der Waals surface area contributed by atoms with Crippen LogP contribution in [0.4, 0.5) is 4.39 Å². The molecule has 0 bridgehead atoms. The topological polar surface area (TPSA) is 12.0 Å². The lowest BCUT2D eigenvalue weighted by Gasteiger charge is -1.83. The summed E-state index contributed by atoms with van der Waals surface area (Å²) in [5.41, 5.74) is 0. The third-order valence-electron chi connectivity index (χ3n) is 0.308. The fourth-order valence-electron chi connectivity index (χ4n) is 0.0845. The molecule has 5 heavy (non-hydrogen) atoms. The second-order valence-corrected chi connectivity index (χ2v) is 0.659. The summed E-state index contributed by atoms with van der Waals surface area (Å²) in [5.74, 6) is 0. The first kappa shape index (κ1) is 3.09. The smallest absolute Gasteiger partial charge is 0.140 e. The zero-order valence-electron chi connectivity index (χ0n) is 4.24. The molecule has 0 radical (unpaired) electrons. The summed E-state index contributed by atoms with van der Waals surface area (Å²) in [5, 5.41) is 0.833. The van der Waals surface area contributed by atoms with Crippen LogP contribution in [0.5, 0.6) is 0 Å². The molecule has 0 saturated carbocycles. The molecule has 0 saturated heterocycles. The van der Waals surface area contributed by atoms with Crippen molar-refractivity contribution in [2.24, 2.45) is 0 Å². The summed E-state index contributed by atoms with van der Waals surface area (Å²) in [6.45, 7) is 1.51. The average molecular weight is 78.1 g/mol. The van der Waals surface area contributed by atoms with E-state index in [1.807, 2.05) is 0 Å². The van der Waals surface area contributed by atoms with Crippen LogP contribution in [0.2, 0.25) is 1.41 Å². The van der Waals surface area contributed by atoms with Crippen molar-refractivity contribution in [3.8, 4) is 0 Å². The maximum atomic E-state index is 11.1. The van der Waals surface area contributed by atoms with Gasteiger partial charge in [-0.05, 0) is 6.54 Å². The Labute approximate surface area is 32.6 Å². The molecule has 0 rings (SSSR count). The summed E-state index contributed by atoms with van der Waals surface area (Å²) < 4.78 is 17.7. The maximum Gasteiger partial charge on any atom is 0.140 e. The van der Waals surface area contributed by atoms with E-state index in [2.05, 4.69) is 0 Å². The highest BCUT2D eigenvalue weighted by Gasteiger charge is 1.66. The van der Waals surface area contributed by atoms with Crippen LogP contribution in [0.1, 0.15) is 6.92 Å². The van der Waals surface area contributed by atoms with E-state index in [0.29, 0.717) is 6.54 Å². The van der Waals surface area contributed by atoms with Gasteiger partial charge in [0.2, 0.25) is 0 Å². The molecule has 0 aromatic heterocycles. The van der Waals surface area contributed by atoms with Gasteiger partial charge in [0.1, 0.15) is 8.21 Å². The zero-order chi connectivity index (χ0) is 4.99. The first-order chi connectivity index (χ1) is 2.81. The monoisotopic (exact) mass is 78.1 g/mol. The molecular formula is C3H8FN. The summed E-state index contributed by atoms with van der Waals surface area (Å²) in [7, 11) is 0. The molecule has 0 amide bonds. The van der Waals surface area contributed by atoms with Crippen molar-refractivity contribution < 1.29 is 5.80 Å². The lowest BCUT2D eigenvalue weighted by molar-refractivity contribution is 0.434. The fourth-order valence-corrected chi connectivity index (χ4v) is 0.0845. The van der Waals surface area contributed by atoms with E-state index >= 15 is 0 Å². The van der Waals surface area contributed by atoms with Crippen molar-refractivity contribution in [1.29, 1.82) is 0 Å². The number of hydrogen-bond donors (Lipinski definition) is 1. The normalized spacial score (nSPS) is 12.2. The van der Waals surface area contributed by atoms with Crippen molar-refractivity contribution in [3.63, 3.8) is 0 Å². The molecule has 2 heteroatoms. The van der Waals surface area contributed by atoms with Gasteiger partial charge in [-0.1, -0.05) is 6.92 Å². The highest BCUT2D eigenvalue weighted by molar-refractivity contribution is 4.21. The third kappa shape index (κ3) is 3.89. The predicted molar refractivity (Wildman–Crippen MR) is 19.7 cm³/mol. The van der Waals surface area contributed by atoms with Gasteiger partial charge in [-0.25, -0.2) is 4.39 Å². The van der Waals surface area contributed by atoms with Crippen LogP contribution in [-0.4, -0.2) is 13.3 Å². The van der Waals surface area contributed by atoms with Gasteiger partial charge in [-0.15, -0.1) is 0 Å². The third-order valence-corrected chi connectivity index (χ3v) is 0.308. The summed E-state index contributed by atoms with van der Waals surface area (Å²) in [6.07, 6.45) is 0. The van der Waals surface area contributed by atoms with Crippen LogP contribution in [0.25, 0.3) is 0 Å². The van der Waals surface area contributed by atoms with E-state index < -0.39 is 6.80 Å². The van der Waals surface area contributed by atoms with Crippen LogP contribution >= 0.6 is 0 Å². The molecule has 1 N–H and O–H groups in total. The molecular weight excluding hydrogens is 69.0 g/mol. The van der Waals surface area contributed by atoms with Crippen LogP contribution < -0.4 is 5.31 Å². The SMILES string of the molecule is [2H]N(CC)CF. The second-order valence-electron chi connectivity index (χ2n) is 0.659. The molecule has 0 fully saturated rings. The first-order valence-corrected chi connectivity index (χ1v) is 1.61. The van der Waals surface area contributed by atoms with Crippen molar-refractivity contribution in [1.82, 2.24) is 5.31 Å². The Kier molecular flexibility index (Phi) is 2.41. The lowest BCUT2D eigenvalue weighted by Crippen LogP contribution is -2.08. The Morgan fingerprint density at radius 3 is 2.80 bits per heavy atom. The van der Waals surface area contributed by atoms with E-state index in [1.165, 1.54) is 0 Å². The van der Waals surface area contributed by atoms with Gasteiger partial charge in [-0.3, -0.25) is 5.31 Å². The van der Waals surface area contributed by atoms with E-state index in [-0.39, 0.29) is 0 Å².